The molecule has 0 aliphatic heterocycles. The molecule has 106 valence electrons. The van der Waals surface area contributed by atoms with Gasteiger partial charge >= 0.3 is 0 Å². The van der Waals surface area contributed by atoms with Crippen LogP contribution in [0.1, 0.15) is 25.0 Å². The number of nitrogens with one attached hydrogen (secondary N) is 1. The van der Waals surface area contributed by atoms with Crippen LogP contribution in [-0.2, 0) is 0 Å². The lowest BCUT2D eigenvalue weighted by Gasteiger charge is -2.13. The Balaban J connectivity index is 1.65. The standard InChI is InChI=1S/C18H19N3/c1-14(16-8-2-3-11-19-16)10-13-20-17-9-4-6-15-7-5-12-21-18(15)17/h2-9,11-12,14,20H,10,13H2,1H3. The first-order valence-electron chi connectivity index (χ1n) is 7.33. The van der Waals surface area contributed by atoms with Gasteiger partial charge in [-0.1, -0.05) is 31.2 Å². The van der Waals surface area contributed by atoms with Gasteiger partial charge in [-0.2, -0.15) is 0 Å². The second-order valence-corrected chi connectivity index (χ2v) is 5.25. The van der Waals surface area contributed by atoms with Crippen LogP contribution in [0.5, 0.6) is 0 Å². The van der Waals surface area contributed by atoms with E-state index >= 15 is 0 Å². The molecule has 1 aromatic carbocycles. The molecule has 21 heavy (non-hydrogen) atoms. The molecule has 0 saturated heterocycles. The maximum Gasteiger partial charge on any atom is 0.0933 e. The van der Waals surface area contributed by atoms with Gasteiger partial charge in [0.05, 0.1) is 11.2 Å². The lowest BCUT2D eigenvalue weighted by molar-refractivity contribution is 0.684. The topological polar surface area (TPSA) is 37.8 Å². The van der Waals surface area contributed by atoms with E-state index in [1.54, 1.807) is 0 Å². The first-order chi connectivity index (χ1) is 10.3. The average Bonchev–Trinajstić information content (AvgIpc) is 2.56. The lowest BCUT2D eigenvalue weighted by Crippen LogP contribution is -2.07. The molecule has 0 aliphatic carbocycles. The quantitative estimate of drug-likeness (QED) is 0.758. The molecular formula is C18H19N3. The van der Waals surface area contributed by atoms with Gasteiger partial charge in [-0.25, -0.2) is 0 Å². The highest BCUT2D eigenvalue weighted by molar-refractivity contribution is 5.90. The number of fused-ring (bicyclic) bond motifs is 1. The molecule has 3 rings (SSSR count). The second kappa shape index (κ2) is 6.35. The Hall–Kier alpha value is -2.42. The fraction of sp³-hybridized carbons (Fsp3) is 0.222. The molecule has 1 unspecified atom stereocenters. The third kappa shape index (κ3) is 3.19. The summed E-state index contributed by atoms with van der Waals surface area (Å²) < 4.78 is 0. The molecule has 3 nitrogen and oxygen atoms in total. The van der Waals surface area contributed by atoms with Gasteiger partial charge in [0.25, 0.3) is 0 Å². The van der Waals surface area contributed by atoms with Gasteiger partial charge in [-0.15, -0.1) is 0 Å². The first-order valence-corrected chi connectivity index (χ1v) is 7.33. The maximum atomic E-state index is 4.46. The van der Waals surface area contributed by atoms with Crippen molar-refractivity contribution in [2.45, 2.75) is 19.3 Å². The Bertz CT molecular complexity index is 704. The summed E-state index contributed by atoms with van der Waals surface area (Å²) in [4.78, 5) is 8.88. The van der Waals surface area contributed by atoms with Crippen LogP contribution in [0.15, 0.2) is 60.9 Å². The Morgan fingerprint density at radius 3 is 2.67 bits per heavy atom. The fourth-order valence-corrected chi connectivity index (χ4v) is 2.49. The van der Waals surface area contributed by atoms with Gasteiger partial charge < -0.3 is 5.32 Å². The smallest absolute Gasteiger partial charge is 0.0933 e. The van der Waals surface area contributed by atoms with Gasteiger partial charge in [0.1, 0.15) is 0 Å². The van der Waals surface area contributed by atoms with Gasteiger partial charge in [-0.3, -0.25) is 9.97 Å². The van der Waals surface area contributed by atoms with Gasteiger partial charge in [-0.05, 0) is 30.7 Å². The molecule has 2 heterocycles. The summed E-state index contributed by atoms with van der Waals surface area (Å²) in [5.74, 6) is 0.446. The van der Waals surface area contributed by atoms with Crippen molar-refractivity contribution in [3.63, 3.8) is 0 Å². The number of para-hydroxylation sites is 1. The van der Waals surface area contributed by atoms with Crippen molar-refractivity contribution in [1.82, 2.24) is 9.97 Å². The van der Waals surface area contributed by atoms with Crippen LogP contribution in [-0.4, -0.2) is 16.5 Å². The molecule has 1 N–H and O–H groups in total. The largest absolute Gasteiger partial charge is 0.383 e. The van der Waals surface area contributed by atoms with Crippen molar-refractivity contribution in [2.75, 3.05) is 11.9 Å². The van der Waals surface area contributed by atoms with Gasteiger partial charge in [0.2, 0.25) is 0 Å². The predicted molar refractivity (Wildman–Crippen MR) is 87.5 cm³/mol. The summed E-state index contributed by atoms with van der Waals surface area (Å²) >= 11 is 0. The SMILES string of the molecule is CC(CCNc1cccc2cccnc12)c1ccccn1. The highest BCUT2D eigenvalue weighted by atomic mass is 14.9. The van der Waals surface area contributed by atoms with E-state index in [-0.39, 0.29) is 0 Å². The van der Waals surface area contributed by atoms with Crippen LogP contribution >= 0.6 is 0 Å². The molecule has 0 radical (unpaired) electrons. The maximum absolute atomic E-state index is 4.46. The molecule has 0 spiro atoms. The van der Waals surface area contributed by atoms with Crippen molar-refractivity contribution in [2.24, 2.45) is 0 Å². The monoisotopic (exact) mass is 277 g/mol. The average molecular weight is 277 g/mol. The van der Waals surface area contributed by atoms with Crippen molar-refractivity contribution in [3.05, 3.63) is 66.6 Å². The zero-order valence-electron chi connectivity index (χ0n) is 12.2. The number of nitrogens with zero attached hydrogens (tertiary/aromatic N) is 2. The number of rotatable bonds is 5. The summed E-state index contributed by atoms with van der Waals surface area (Å²) in [6.45, 7) is 3.12. The van der Waals surface area contributed by atoms with E-state index < -0.39 is 0 Å². The molecule has 0 aliphatic rings. The zero-order valence-corrected chi connectivity index (χ0v) is 12.2. The number of hydrogen-bond acceptors (Lipinski definition) is 3. The Kier molecular flexibility index (Phi) is 4.10. The molecule has 3 aromatic rings. The molecule has 3 heteroatoms. The minimum Gasteiger partial charge on any atom is -0.383 e. The second-order valence-electron chi connectivity index (χ2n) is 5.25. The fourth-order valence-electron chi connectivity index (χ4n) is 2.49. The molecular weight excluding hydrogens is 258 g/mol. The number of anilines is 1. The normalized spacial score (nSPS) is 12.2. The predicted octanol–water partition coefficient (Wildman–Crippen LogP) is 4.24. The summed E-state index contributed by atoms with van der Waals surface area (Å²) in [5, 5.41) is 4.66. The van der Waals surface area contributed by atoms with E-state index in [0.29, 0.717) is 5.92 Å². The minimum atomic E-state index is 0.446. The number of pyridine rings is 2. The van der Waals surface area contributed by atoms with E-state index in [1.165, 1.54) is 5.39 Å². The summed E-state index contributed by atoms with van der Waals surface area (Å²) in [6.07, 6.45) is 4.73. The van der Waals surface area contributed by atoms with Crippen LogP contribution in [0.4, 0.5) is 5.69 Å². The highest BCUT2D eigenvalue weighted by Crippen LogP contribution is 2.22. The summed E-state index contributed by atoms with van der Waals surface area (Å²) in [7, 11) is 0. The van der Waals surface area contributed by atoms with E-state index in [4.69, 9.17) is 0 Å². The van der Waals surface area contributed by atoms with Crippen LogP contribution < -0.4 is 5.32 Å². The Labute approximate surface area is 125 Å². The van der Waals surface area contributed by atoms with Gasteiger partial charge in [0, 0.05) is 35.9 Å². The molecule has 0 saturated carbocycles. The van der Waals surface area contributed by atoms with Crippen molar-refractivity contribution in [3.8, 4) is 0 Å². The zero-order chi connectivity index (χ0) is 14.5. The third-order valence-electron chi connectivity index (χ3n) is 3.72. The first kappa shape index (κ1) is 13.6. The Morgan fingerprint density at radius 2 is 1.81 bits per heavy atom. The van der Waals surface area contributed by atoms with Crippen molar-refractivity contribution >= 4 is 16.6 Å². The molecule has 2 aromatic heterocycles. The van der Waals surface area contributed by atoms with Crippen LogP contribution in [0.25, 0.3) is 10.9 Å². The number of aromatic nitrogens is 2. The van der Waals surface area contributed by atoms with Crippen LogP contribution in [0.3, 0.4) is 0 Å². The molecule has 1 atom stereocenters. The molecule has 0 bridgehead atoms. The molecule has 0 fully saturated rings. The van der Waals surface area contributed by atoms with E-state index in [0.717, 1.165) is 29.9 Å². The summed E-state index contributed by atoms with van der Waals surface area (Å²) in [5.41, 5.74) is 3.28. The van der Waals surface area contributed by atoms with E-state index in [1.807, 2.05) is 30.6 Å². The number of benzene rings is 1. The Morgan fingerprint density at radius 1 is 0.952 bits per heavy atom. The van der Waals surface area contributed by atoms with Gasteiger partial charge in [0.15, 0.2) is 0 Å². The van der Waals surface area contributed by atoms with Crippen LogP contribution in [0, 0.1) is 0 Å². The van der Waals surface area contributed by atoms with Crippen molar-refractivity contribution < 1.29 is 0 Å². The van der Waals surface area contributed by atoms with E-state index in [2.05, 4.69) is 52.5 Å². The summed E-state index contributed by atoms with van der Waals surface area (Å²) in [6, 6.07) is 16.4. The highest BCUT2D eigenvalue weighted by Gasteiger charge is 2.06. The minimum absolute atomic E-state index is 0.446. The van der Waals surface area contributed by atoms with Crippen LogP contribution in [0.2, 0.25) is 0 Å². The van der Waals surface area contributed by atoms with Crippen molar-refractivity contribution in [1.29, 1.82) is 0 Å². The lowest BCUT2D eigenvalue weighted by atomic mass is 10.0. The van der Waals surface area contributed by atoms with E-state index in [9.17, 15) is 0 Å². The molecule has 0 amide bonds. The number of hydrogen-bond donors (Lipinski definition) is 1. The third-order valence-corrected chi connectivity index (χ3v) is 3.72.